The van der Waals surface area contributed by atoms with Crippen LogP contribution in [0.3, 0.4) is 0 Å². The minimum Gasteiger partial charge on any atom is -0.317 e. The molecule has 0 radical (unpaired) electrons. The maximum Gasteiger partial charge on any atom is 0.00360 e. The molecule has 0 spiro atoms. The Morgan fingerprint density at radius 1 is 1.25 bits per heavy atom. The first-order valence-corrected chi connectivity index (χ1v) is 7.13. The zero-order valence-electron chi connectivity index (χ0n) is 11.1. The molecule has 1 saturated carbocycles. The Labute approximate surface area is 101 Å². The van der Waals surface area contributed by atoms with E-state index in [0.717, 1.165) is 5.92 Å². The molecule has 16 heavy (non-hydrogen) atoms. The summed E-state index contributed by atoms with van der Waals surface area (Å²) in [5, 5.41) is 3.51. The van der Waals surface area contributed by atoms with Crippen molar-refractivity contribution in [3.8, 4) is 0 Å². The smallest absolute Gasteiger partial charge is 0.00360 e. The molecular weight excluding hydrogens is 196 g/mol. The summed E-state index contributed by atoms with van der Waals surface area (Å²) in [6.07, 6.45) is 8.49. The summed E-state index contributed by atoms with van der Waals surface area (Å²) in [5.41, 5.74) is 0.629. The fraction of sp³-hybridized carbons (Fsp3) is 1.00. The first kappa shape index (κ1) is 12.4. The van der Waals surface area contributed by atoms with Gasteiger partial charge in [-0.2, -0.15) is 0 Å². The van der Waals surface area contributed by atoms with E-state index in [1.807, 2.05) is 0 Å². The molecule has 0 amide bonds. The highest BCUT2D eigenvalue weighted by Gasteiger charge is 2.33. The van der Waals surface area contributed by atoms with Crippen molar-refractivity contribution in [1.29, 1.82) is 0 Å². The lowest BCUT2D eigenvalue weighted by Crippen LogP contribution is -2.44. The van der Waals surface area contributed by atoms with Crippen LogP contribution in [0.1, 0.15) is 45.4 Å². The minimum absolute atomic E-state index is 0.629. The van der Waals surface area contributed by atoms with Gasteiger partial charge in [0, 0.05) is 13.1 Å². The van der Waals surface area contributed by atoms with Gasteiger partial charge in [0.1, 0.15) is 0 Å². The normalized spacial score (nSPS) is 24.9. The lowest BCUT2D eigenvalue weighted by Gasteiger charge is -2.40. The van der Waals surface area contributed by atoms with Gasteiger partial charge in [0.2, 0.25) is 0 Å². The Bertz CT molecular complexity index is 199. The lowest BCUT2D eigenvalue weighted by atomic mass is 9.75. The van der Waals surface area contributed by atoms with Crippen LogP contribution in [-0.4, -0.2) is 38.1 Å². The van der Waals surface area contributed by atoms with Crippen molar-refractivity contribution in [2.75, 3.05) is 33.2 Å². The van der Waals surface area contributed by atoms with E-state index in [4.69, 9.17) is 0 Å². The van der Waals surface area contributed by atoms with Crippen LogP contribution in [0.4, 0.5) is 0 Å². The van der Waals surface area contributed by atoms with Gasteiger partial charge in [-0.3, -0.25) is 0 Å². The summed E-state index contributed by atoms with van der Waals surface area (Å²) in [7, 11) is 2.33. The Morgan fingerprint density at radius 3 is 2.50 bits per heavy atom. The van der Waals surface area contributed by atoms with Gasteiger partial charge in [-0.15, -0.1) is 0 Å². The predicted molar refractivity (Wildman–Crippen MR) is 69.7 cm³/mol. The first-order valence-electron chi connectivity index (χ1n) is 7.13. The van der Waals surface area contributed by atoms with Crippen LogP contribution in [0, 0.1) is 11.3 Å². The van der Waals surface area contributed by atoms with Crippen LogP contribution in [0.15, 0.2) is 0 Å². The summed E-state index contributed by atoms with van der Waals surface area (Å²) in [4.78, 5) is 2.61. The maximum absolute atomic E-state index is 3.51. The first-order chi connectivity index (χ1) is 7.74. The van der Waals surface area contributed by atoms with E-state index < -0.39 is 0 Å². The second-order valence-corrected chi connectivity index (χ2v) is 6.14. The Kier molecular flexibility index (Phi) is 4.26. The molecule has 0 aromatic heterocycles. The van der Waals surface area contributed by atoms with E-state index >= 15 is 0 Å². The van der Waals surface area contributed by atoms with Crippen molar-refractivity contribution in [2.24, 2.45) is 11.3 Å². The molecule has 1 aliphatic heterocycles. The van der Waals surface area contributed by atoms with E-state index in [1.165, 1.54) is 64.7 Å². The molecule has 0 aromatic carbocycles. The third-order valence-electron chi connectivity index (χ3n) is 4.32. The van der Waals surface area contributed by atoms with E-state index in [9.17, 15) is 0 Å². The number of piperidine rings is 1. The van der Waals surface area contributed by atoms with Crippen molar-refractivity contribution >= 4 is 0 Å². The molecule has 1 N–H and O–H groups in total. The van der Waals surface area contributed by atoms with E-state index in [2.05, 4.69) is 24.2 Å². The van der Waals surface area contributed by atoms with E-state index in [-0.39, 0.29) is 0 Å². The molecule has 2 heteroatoms. The van der Waals surface area contributed by atoms with Gasteiger partial charge in [0.05, 0.1) is 0 Å². The van der Waals surface area contributed by atoms with Crippen molar-refractivity contribution in [1.82, 2.24) is 10.2 Å². The van der Waals surface area contributed by atoms with Crippen LogP contribution in [-0.2, 0) is 0 Å². The SMILES string of the molecule is CCCC1(CN(C)CC2CC2)CCNCC1. The highest BCUT2D eigenvalue weighted by Crippen LogP contribution is 2.36. The van der Waals surface area contributed by atoms with Crippen molar-refractivity contribution < 1.29 is 0 Å². The molecule has 1 heterocycles. The number of rotatable bonds is 6. The molecule has 1 aliphatic carbocycles. The van der Waals surface area contributed by atoms with Crippen LogP contribution in [0.5, 0.6) is 0 Å². The van der Waals surface area contributed by atoms with Gasteiger partial charge >= 0.3 is 0 Å². The molecule has 0 atom stereocenters. The Morgan fingerprint density at radius 2 is 1.94 bits per heavy atom. The molecule has 1 saturated heterocycles. The molecule has 2 nitrogen and oxygen atoms in total. The third kappa shape index (κ3) is 3.46. The zero-order valence-corrected chi connectivity index (χ0v) is 11.1. The van der Waals surface area contributed by atoms with Gasteiger partial charge in [-0.1, -0.05) is 13.3 Å². The number of hydrogen-bond acceptors (Lipinski definition) is 2. The van der Waals surface area contributed by atoms with Gasteiger partial charge < -0.3 is 10.2 Å². The standard InChI is InChI=1S/C14H28N2/c1-3-6-14(7-9-15-10-8-14)12-16(2)11-13-4-5-13/h13,15H,3-12H2,1-2H3. The molecule has 2 fully saturated rings. The fourth-order valence-electron chi connectivity index (χ4n) is 3.35. The van der Waals surface area contributed by atoms with Gasteiger partial charge in [0.25, 0.3) is 0 Å². The molecule has 0 bridgehead atoms. The van der Waals surface area contributed by atoms with Gasteiger partial charge in [-0.05, 0) is 63.6 Å². The van der Waals surface area contributed by atoms with Crippen molar-refractivity contribution in [3.63, 3.8) is 0 Å². The summed E-state index contributed by atoms with van der Waals surface area (Å²) in [6.45, 7) is 7.48. The van der Waals surface area contributed by atoms with Crippen LogP contribution in [0.2, 0.25) is 0 Å². The molecule has 94 valence electrons. The summed E-state index contributed by atoms with van der Waals surface area (Å²) < 4.78 is 0. The molecule has 0 unspecified atom stereocenters. The van der Waals surface area contributed by atoms with Crippen LogP contribution in [0.25, 0.3) is 0 Å². The van der Waals surface area contributed by atoms with E-state index in [0.29, 0.717) is 5.41 Å². The molecule has 2 aliphatic rings. The van der Waals surface area contributed by atoms with Crippen molar-refractivity contribution in [3.05, 3.63) is 0 Å². The van der Waals surface area contributed by atoms with E-state index in [1.54, 1.807) is 0 Å². The number of nitrogens with zero attached hydrogens (tertiary/aromatic N) is 1. The Hall–Kier alpha value is -0.0800. The molecule has 0 aromatic rings. The Balaban J connectivity index is 1.84. The summed E-state index contributed by atoms with van der Waals surface area (Å²) in [5.74, 6) is 1.03. The summed E-state index contributed by atoms with van der Waals surface area (Å²) >= 11 is 0. The largest absolute Gasteiger partial charge is 0.317 e. The summed E-state index contributed by atoms with van der Waals surface area (Å²) in [6, 6.07) is 0. The van der Waals surface area contributed by atoms with Gasteiger partial charge in [-0.25, -0.2) is 0 Å². The van der Waals surface area contributed by atoms with Gasteiger partial charge in [0.15, 0.2) is 0 Å². The average Bonchev–Trinajstić information content (AvgIpc) is 3.03. The number of hydrogen-bond donors (Lipinski definition) is 1. The van der Waals surface area contributed by atoms with Crippen LogP contribution < -0.4 is 5.32 Å². The quantitative estimate of drug-likeness (QED) is 0.746. The second-order valence-electron chi connectivity index (χ2n) is 6.14. The molecular formula is C14H28N2. The highest BCUT2D eigenvalue weighted by atomic mass is 15.1. The topological polar surface area (TPSA) is 15.3 Å². The van der Waals surface area contributed by atoms with Crippen molar-refractivity contribution in [2.45, 2.75) is 45.4 Å². The minimum atomic E-state index is 0.629. The lowest BCUT2D eigenvalue weighted by molar-refractivity contribution is 0.113. The third-order valence-corrected chi connectivity index (χ3v) is 4.32. The average molecular weight is 224 g/mol. The fourth-order valence-corrected chi connectivity index (χ4v) is 3.35. The monoisotopic (exact) mass is 224 g/mol. The molecule has 2 rings (SSSR count). The second kappa shape index (κ2) is 5.50. The zero-order chi connectivity index (χ0) is 11.4. The maximum atomic E-state index is 3.51. The highest BCUT2D eigenvalue weighted by molar-refractivity contribution is 4.88. The predicted octanol–water partition coefficient (Wildman–Crippen LogP) is 2.50. The number of nitrogens with one attached hydrogen (secondary N) is 1. The van der Waals surface area contributed by atoms with Crippen LogP contribution >= 0.6 is 0 Å².